The predicted molar refractivity (Wildman–Crippen MR) is 89.6 cm³/mol. The lowest BCUT2D eigenvalue weighted by Crippen LogP contribution is -2.57. The van der Waals surface area contributed by atoms with Gasteiger partial charge in [0.25, 0.3) is 10.0 Å². The molecule has 1 saturated carbocycles. The zero-order valence-corrected chi connectivity index (χ0v) is 15.6. The van der Waals surface area contributed by atoms with E-state index < -0.39 is 10.0 Å². The van der Waals surface area contributed by atoms with Gasteiger partial charge >= 0.3 is 0 Å². The molecule has 130 valence electrons. The van der Waals surface area contributed by atoms with Crippen LogP contribution in [0.3, 0.4) is 0 Å². The third kappa shape index (κ3) is 2.62. The number of H-pyrrole nitrogens is 1. The van der Waals surface area contributed by atoms with Gasteiger partial charge in [-0.15, -0.1) is 0 Å². The summed E-state index contributed by atoms with van der Waals surface area (Å²) in [4.78, 5) is 9.29. The molecule has 2 heterocycles. The van der Waals surface area contributed by atoms with Gasteiger partial charge in [-0.2, -0.15) is 4.31 Å². The zero-order valence-electron chi connectivity index (χ0n) is 14.8. The number of aryl methyl sites for hydroxylation is 1. The van der Waals surface area contributed by atoms with Crippen LogP contribution in [0.1, 0.15) is 33.0 Å². The van der Waals surface area contributed by atoms with Crippen molar-refractivity contribution in [3.8, 4) is 0 Å². The van der Waals surface area contributed by atoms with Gasteiger partial charge in [-0.05, 0) is 31.8 Å². The number of nitrogens with one attached hydrogen (secondary N) is 1. The minimum atomic E-state index is -3.48. The van der Waals surface area contributed by atoms with Crippen LogP contribution in [-0.2, 0) is 16.4 Å². The highest BCUT2D eigenvalue weighted by Gasteiger charge is 2.64. The van der Waals surface area contributed by atoms with Gasteiger partial charge in [0.2, 0.25) is 0 Å². The molecular weight excluding hydrogens is 312 g/mol. The van der Waals surface area contributed by atoms with Crippen LogP contribution in [0.5, 0.6) is 0 Å². The molecule has 0 amide bonds. The molecule has 2 aliphatic rings. The molecule has 0 bridgehead atoms. The molecule has 0 spiro atoms. The fourth-order valence-electron chi connectivity index (χ4n) is 4.90. The minimum absolute atomic E-state index is 0.0910. The van der Waals surface area contributed by atoms with E-state index in [1.165, 1.54) is 6.20 Å². The average molecular weight is 340 g/mol. The second-order valence-corrected chi connectivity index (χ2v) is 10.1. The summed E-state index contributed by atoms with van der Waals surface area (Å²) < 4.78 is 27.6. The van der Waals surface area contributed by atoms with Gasteiger partial charge in [0, 0.05) is 31.5 Å². The first kappa shape index (κ1) is 16.9. The molecule has 0 radical (unpaired) electrons. The number of hydrogen-bond donors (Lipinski definition) is 1. The summed E-state index contributed by atoms with van der Waals surface area (Å²) in [5.41, 5.74) is 0.302. The predicted octanol–water partition coefficient (Wildman–Crippen LogP) is 1.57. The Morgan fingerprint density at radius 2 is 2.13 bits per heavy atom. The Labute approximate surface area is 139 Å². The molecule has 2 atom stereocenters. The number of fused-ring (bicyclic) bond motifs is 1. The molecule has 6 nitrogen and oxygen atoms in total. The number of rotatable bonds is 5. The highest BCUT2D eigenvalue weighted by Crippen LogP contribution is 2.63. The van der Waals surface area contributed by atoms with E-state index in [0.717, 1.165) is 13.0 Å². The Morgan fingerprint density at radius 1 is 1.43 bits per heavy atom. The SMILES string of the molecule is CCc1ncc(S(=O)(=O)N2C[C@@H]3C(C)(C)C[C@]3(CN(C)C)C2)[nH]1. The quantitative estimate of drug-likeness (QED) is 0.883. The molecular formula is C16H28N4O2S. The van der Waals surface area contributed by atoms with Crippen molar-refractivity contribution >= 4 is 10.0 Å². The first-order valence-electron chi connectivity index (χ1n) is 8.29. The van der Waals surface area contributed by atoms with Crippen LogP contribution in [0.15, 0.2) is 11.2 Å². The number of hydrogen-bond acceptors (Lipinski definition) is 4. The van der Waals surface area contributed by atoms with Gasteiger partial charge in [0.05, 0.1) is 6.20 Å². The van der Waals surface area contributed by atoms with Crippen LogP contribution in [0.25, 0.3) is 0 Å². The van der Waals surface area contributed by atoms with E-state index in [-0.39, 0.29) is 15.9 Å². The third-order valence-corrected chi connectivity index (χ3v) is 7.28. The van der Waals surface area contributed by atoms with Gasteiger partial charge in [-0.3, -0.25) is 0 Å². The topological polar surface area (TPSA) is 69.3 Å². The van der Waals surface area contributed by atoms with E-state index >= 15 is 0 Å². The van der Waals surface area contributed by atoms with Crippen LogP contribution < -0.4 is 0 Å². The lowest BCUT2D eigenvalue weighted by Gasteiger charge is -2.57. The molecule has 2 fully saturated rings. The van der Waals surface area contributed by atoms with Crippen LogP contribution in [0, 0.1) is 16.7 Å². The van der Waals surface area contributed by atoms with Crippen molar-refractivity contribution in [2.75, 3.05) is 33.7 Å². The Morgan fingerprint density at radius 3 is 2.65 bits per heavy atom. The molecule has 23 heavy (non-hydrogen) atoms. The number of imidazole rings is 1. The smallest absolute Gasteiger partial charge is 0.260 e. The van der Waals surface area contributed by atoms with Crippen molar-refractivity contribution in [1.29, 1.82) is 0 Å². The highest BCUT2D eigenvalue weighted by molar-refractivity contribution is 7.89. The summed E-state index contributed by atoms with van der Waals surface area (Å²) in [7, 11) is 0.651. The molecule has 1 aliphatic heterocycles. The first-order valence-corrected chi connectivity index (χ1v) is 9.73. The van der Waals surface area contributed by atoms with Crippen LogP contribution in [0.4, 0.5) is 0 Å². The van der Waals surface area contributed by atoms with E-state index in [4.69, 9.17) is 0 Å². The van der Waals surface area contributed by atoms with Gasteiger partial charge in [-0.1, -0.05) is 20.8 Å². The van der Waals surface area contributed by atoms with Crippen LogP contribution in [0.2, 0.25) is 0 Å². The standard InChI is InChI=1S/C16H28N4O2S/c1-6-13-17-7-14(18-13)23(21,22)20-8-12-15(2,3)9-16(12,11-20)10-19(4)5/h7,12H,6,8-11H2,1-5H3,(H,17,18)/t12-,16+/m1/s1. The molecule has 7 heteroatoms. The van der Waals surface area contributed by atoms with E-state index in [2.05, 4.69) is 42.8 Å². The van der Waals surface area contributed by atoms with Crippen molar-refractivity contribution in [2.24, 2.45) is 16.7 Å². The molecule has 1 aromatic heterocycles. The maximum Gasteiger partial charge on any atom is 0.260 e. The van der Waals surface area contributed by atoms with Crippen LogP contribution in [-0.4, -0.2) is 61.3 Å². The Kier molecular flexibility index (Phi) is 3.89. The van der Waals surface area contributed by atoms with E-state index in [1.807, 2.05) is 6.92 Å². The zero-order chi connectivity index (χ0) is 17.0. The van der Waals surface area contributed by atoms with Gasteiger partial charge < -0.3 is 9.88 Å². The molecule has 0 unspecified atom stereocenters. The van der Waals surface area contributed by atoms with Crippen molar-refractivity contribution in [3.63, 3.8) is 0 Å². The normalized spacial score (nSPS) is 30.4. The maximum atomic E-state index is 13.0. The summed E-state index contributed by atoms with van der Waals surface area (Å²) >= 11 is 0. The average Bonchev–Trinajstić information content (AvgIpc) is 3.01. The van der Waals surface area contributed by atoms with Gasteiger partial charge in [-0.25, -0.2) is 13.4 Å². The summed E-state index contributed by atoms with van der Waals surface area (Å²) in [6.07, 6.45) is 3.24. The van der Waals surface area contributed by atoms with Crippen molar-refractivity contribution in [1.82, 2.24) is 19.2 Å². The summed E-state index contributed by atoms with van der Waals surface area (Å²) in [6.45, 7) is 8.64. The molecule has 0 aromatic carbocycles. The van der Waals surface area contributed by atoms with Gasteiger partial charge in [0.1, 0.15) is 5.82 Å². The van der Waals surface area contributed by atoms with Crippen molar-refractivity contribution < 1.29 is 8.42 Å². The monoisotopic (exact) mass is 340 g/mol. The summed E-state index contributed by atoms with van der Waals surface area (Å²) in [5, 5.41) is 0.230. The first-order chi connectivity index (χ1) is 10.6. The molecule has 1 saturated heterocycles. The second kappa shape index (κ2) is 5.29. The maximum absolute atomic E-state index is 13.0. The number of nitrogens with zero attached hydrogens (tertiary/aromatic N) is 3. The van der Waals surface area contributed by atoms with E-state index in [0.29, 0.717) is 31.3 Å². The lowest BCUT2D eigenvalue weighted by molar-refractivity contribution is -0.0789. The molecule has 3 rings (SSSR count). The third-order valence-electron chi connectivity index (χ3n) is 5.56. The van der Waals surface area contributed by atoms with Crippen LogP contribution >= 0.6 is 0 Å². The number of sulfonamides is 1. The molecule has 1 aromatic rings. The lowest BCUT2D eigenvalue weighted by atomic mass is 9.48. The minimum Gasteiger partial charge on any atom is -0.332 e. The van der Waals surface area contributed by atoms with Crippen molar-refractivity contribution in [2.45, 2.75) is 38.6 Å². The second-order valence-electron chi connectivity index (χ2n) is 8.16. The van der Waals surface area contributed by atoms with E-state index in [1.54, 1.807) is 4.31 Å². The Balaban J connectivity index is 1.87. The van der Waals surface area contributed by atoms with E-state index in [9.17, 15) is 8.42 Å². The number of aromatic nitrogens is 2. The number of aromatic amines is 1. The Bertz CT molecular complexity index is 691. The summed E-state index contributed by atoms with van der Waals surface area (Å²) in [6, 6.07) is 0. The molecule has 1 N–H and O–H groups in total. The van der Waals surface area contributed by atoms with Gasteiger partial charge in [0.15, 0.2) is 5.03 Å². The fourth-order valence-corrected chi connectivity index (χ4v) is 6.38. The summed E-state index contributed by atoms with van der Waals surface area (Å²) in [5.74, 6) is 1.13. The molecule has 1 aliphatic carbocycles. The largest absolute Gasteiger partial charge is 0.332 e. The van der Waals surface area contributed by atoms with Crippen molar-refractivity contribution in [3.05, 3.63) is 12.0 Å². The Hall–Kier alpha value is -0.920. The highest BCUT2D eigenvalue weighted by atomic mass is 32.2. The fraction of sp³-hybridized carbons (Fsp3) is 0.812.